The molecule has 42 heavy (non-hydrogen) atoms. The van der Waals surface area contributed by atoms with Gasteiger partial charge in [-0.3, -0.25) is 23.3 Å². The molecular formula is C27H27ClN2O10S2. The standard InChI is InChI=1S/C17H19ClN2O4.C10H8O6S2/c1-4-23-16(22)17(2,3)14(21)15(20-10-9-19-11-20)24-13-7-5-12(18)6-8-13;11-17(12,13)9-6-5-7-3-1-2-4-8(7)10(9)18(14,15)16/h5-11,15H,4H2,1-3H3;1-6H,(H,11,12,13)(H,14,15,16). The number of hydrogen-bond donors (Lipinski definition) is 2. The molecule has 0 saturated carbocycles. The number of rotatable bonds is 9. The minimum absolute atomic E-state index is 0.0233. The molecule has 0 radical (unpaired) electrons. The van der Waals surface area contributed by atoms with E-state index in [2.05, 4.69) is 4.98 Å². The average Bonchev–Trinajstić information content (AvgIpc) is 3.46. The quantitative estimate of drug-likeness (QED) is 0.149. The predicted molar refractivity (Wildman–Crippen MR) is 152 cm³/mol. The molecule has 0 amide bonds. The van der Waals surface area contributed by atoms with Crippen molar-refractivity contribution in [3.8, 4) is 5.75 Å². The van der Waals surface area contributed by atoms with Crippen LogP contribution in [-0.2, 0) is 34.6 Å². The number of halogens is 1. The van der Waals surface area contributed by atoms with E-state index in [0.29, 0.717) is 16.2 Å². The summed E-state index contributed by atoms with van der Waals surface area (Å²) in [6, 6.07) is 14.9. The maximum Gasteiger partial charge on any atom is 0.319 e. The maximum absolute atomic E-state index is 13.0. The van der Waals surface area contributed by atoms with Gasteiger partial charge in [0.15, 0.2) is 0 Å². The molecule has 3 aromatic carbocycles. The van der Waals surface area contributed by atoms with E-state index in [1.807, 2.05) is 0 Å². The first-order valence-corrected chi connectivity index (χ1v) is 15.4. The van der Waals surface area contributed by atoms with Crippen LogP contribution >= 0.6 is 11.6 Å². The molecule has 1 heterocycles. The van der Waals surface area contributed by atoms with Gasteiger partial charge in [-0.2, -0.15) is 16.8 Å². The van der Waals surface area contributed by atoms with Gasteiger partial charge in [-0.05, 0) is 56.5 Å². The van der Waals surface area contributed by atoms with Gasteiger partial charge in [0.25, 0.3) is 20.2 Å². The minimum Gasteiger partial charge on any atom is -0.465 e. The van der Waals surface area contributed by atoms with Crippen molar-refractivity contribution in [1.29, 1.82) is 0 Å². The number of benzene rings is 3. The first-order valence-electron chi connectivity index (χ1n) is 12.1. The molecule has 2 N–H and O–H groups in total. The van der Waals surface area contributed by atoms with Crippen LogP contribution in [0, 0.1) is 5.41 Å². The molecule has 0 aliphatic rings. The molecule has 15 heteroatoms. The van der Waals surface area contributed by atoms with Crippen LogP contribution in [0.25, 0.3) is 10.8 Å². The largest absolute Gasteiger partial charge is 0.465 e. The summed E-state index contributed by atoms with van der Waals surface area (Å²) in [5.74, 6) is -0.583. The van der Waals surface area contributed by atoms with Gasteiger partial charge in [0.05, 0.1) is 12.9 Å². The van der Waals surface area contributed by atoms with E-state index in [1.165, 1.54) is 49.1 Å². The normalized spacial score (nSPS) is 12.6. The summed E-state index contributed by atoms with van der Waals surface area (Å²) in [7, 11) is -9.53. The molecule has 1 atom stereocenters. The zero-order valence-corrected chi connectivity index (χ0v) is 24.9. The first kappa shape index (κ1) is 32.7. The number of ether oxygens (including phenoxy) is 2. The second-order valence-corrected chi connectivity index (χ2v) is 12.4. The number of ketones is 1. The Hall–Kier alpha value is -3.82. The SMILES string of the molecule is CCOC(=O)C(C)(C)C(=O)C(Oc1ccc(Cl)cc1)n1ccnc1.O=S(=O)(O)c1ccc2ccccc2c1S(=O)(=O)O. The van der Waals surface area contributed by atoms with Gasteiger partial charge in [-0.25, -0.2) is 4.98 Å². The molecule has 0 aliphatic carbocycles. The highest BCUT2D eigenvalue weighted by atomic mass is 35.5. The van der Waals surface area contributed by atoms with E-state index in [0.717, 1.165) is 6.07 Å². The number of esters is 1. The first-order chi connectivity index (χ1) is 19.6. The Morgan fingerprint density at radius 2 is 1.62 bits per heavy atom. The highest BCUT2D eigenvalue weighted by molar-refractivity contribution is 7.89. The molecule has 0 saturated heterocycles. The highest BCUT2D eigenvalue weighted by Crippen LogP contribution is 2.30. The van der Waals surface area contributed by atoms with E-state index >= 15 is 0 Å². The van der Waals surface area contributed by atoms with Crippen molar-refractivity contribution in [2.45, 2.75) is 36.8 Å². The van der Waals surface area contributed by atoms with Crippen molar-refractivity contribution < 1.29 is 45.0 Å². The van der Waals surface area contributed by atoms with Crippen molar-refractivity contribution in [2.75, 3.05) is 6.61 Å². The van der Waals surface area contributed by atoms with Crippen LogP contribution in [0.4, 0.5) is 0 Å². The number of hydrogen-bond acceptors (Lipinski definition) is 9. The molecule has 0 aliphatic heterocycles. The fourth-order valence-corrected chi connectivity index (χ4v) is 5.84. The van der Waals surface area contributed by atoms with Gasteiger partial charge in [-0.1, -0.05) is 41.9 Å². The third-order valence-corrected chi connectivity index (χ3v) is 8.10. The lowest BCUT2D eigenvalue weighted by Gasteiger charge is -2.27. The van der Waals surface area contributed by atoms with Gasteiger partial charge in [0.2, 0.25) is 12.0 Å². The molecule has 4 rings (SSSR count). The third-order valence-electron chi connectivity index (χ3n) is 5.86. The zero-order valence-electron chi connectivity index (χ0n) is 22.5. The van der Waals surface area contributed by atoms with Crippen molar-refractivity contribution in [2.24, 2.45) is 5.41 Å². The van der Waals surface area contributed by atoms with Crippen LogP contribution in [0.5, 0.6) is 5.75 Å². The lowest BCUT2D eigenvalue weighted by Crippen LogP contribution is -2.41. The van der Waals surface area contributed by atoms with Crippen LogP contribution in [0.15, 0.2) is 89.2 Å². The predicted octanol–water partition coefficient (Wildman–Crippen LogP) is 4.61. The van der Waals surface area contributed by atoms with Gasteiger partial charge in [0, 0.05) is 22.8 Å². The summed E-state index contributed by atoms with van der Waals surface area (Å²) in [6.45, 7) is 4.92. The Morgan fingerprint density at radius 1 is 0.976 bits per heavy atom. The molecule has 4 aromatic rings. The molecule has 1 aromatic heterocycles. The molecular weight excluding hydrogens is 612 g/mol. The van der Waals surface area contributed by atoms with Crippen LogP contribution in [0.3, 0.4) is 0 Å². The highest BCUT2D eigenvalue weighted by Gasteiger charge is 2.43. The number of aromatic nitrogens is 2. The molecule has 1 unspecified atom stereocenters. The number of carbonyl (C=O) groups excluding carboxylic acids is 2. The van der Waals surface area contributed by atoms with E-state index in [4.69, 9.17) is 30.2 Å². The second kappa shape index (κ2) is 13.0. The van der Waals surface area contributed by atoms with Crippen LogP contribution < -0.4 is 4.74 Å². The summed E-state index contributed by atoms with van der Waals surface area (Å²) >= 11 is 5.86. The molecule has 0 bridgehead atoms. The number of imidazole rings is 1. The lowest BCUT2D eigenvalue weighted by atomic mass is 9.87. The third kappa shape index (κ3) is 7.72. The summed E-state index contributed by atoms with van der Waals surface area (Å²) in [5.41, 5.74) is -1.36. The molecule has 12 nitrogen and oxygen atoms in total. The maximum atomic E-state index is 13.0. The molecule has 0 fully saturated rings. The van der Waals surface area contributed by atoms with E-state index < -0.39 is 53.4 Å². The van der Waals surface area contributed by atoms with Gasteiger partial charge in [0.1, 0.15) is 21.0 Å². The van der Waals surface area contributed by atoms with Crippen LogP contribution in [0.1, 0.15) is 27.0 Å². The lowest BCUT2D eigenvalue weighted by molar-refractivity contribution is -0.161. The smallest absolute Gasteiger partial charge is 0.319 e. The summed E-state index contributed by atoms with van der Waals surface area (Å²) in [4.78, 5) is 27.4. The van der Waals surface area contributed by atoms with Gasteiger partial charge < -0.3 is 9.47 Å². The summed E-state index contributed by atoms with van der Waals surface area (Å²) < 4.78 is 75.3. The Bertz CT molecular complexity index is 1790. The Morgan fingerprint density at radius 3 is 2.17 bits per heavy atom. The Balaban J connectivity index is 0.000000240. The topological polar surface area (TPSA) is 179 Å². The Kier molecular flexibility index (Phi) is 10.1. The number of nitrogens with zero attached hydrogens (tertiary/aromatic N) is 2. The monoisotopic (exact) mass is 638 g/mol. The van der Waals surface area contributed by atoms with E-state index in [1.54, 1.807) is 49.5 Å². The average molecular weight is 639 g/mol. The molecule has 224 valence electrons. The fraction of sp³-hybridized carbons (Fsp3) is 0.222. The number of fused-ring (bicyclic) bond motifs is 1. The van der Waals surface area contributed by atoms with Gasteiger partial charge >= 0.3 is 5.97 Å². The minimum atomic E-state index is -4.78. The second-order valence-electron chi connectivity index (χ2n) is 9.21. The molecule has 0 spiro atoms. The van der Waals surface area contributed by atoms with E-state index in [-0.39, 0.29) is 12.0 Å². The van der Waals surface area contributed by atoms with Gasteiger partial charge in [-0.15, -0.1) is 0 Å². The van der Waals surface area contributed by atoms with Crippen LogP contribution in [0.2, 0.25) is 5.02 Å². The summed E-state index contributed by atoms with van der Waals surface area (Å²) in [5, 5.41) is 1.01. The fourth-order valence-electron chi connectivity index (χ4n) is 3.71. The van der Waals surface area contributed by atoms with Crippen molar-refractivity contribution in [3.05, 3.63) is 84.4 Å². The van der Waals surface area contributed by atoms with E-state index in [9.17, 15) is 26.4 Å². The summed E-state index contributed by atoms with van der Waals surface area (Å²) in [6.07, 6.45) is 3.54. The zero-order chi connectivity index (χ0) is 31.3. The number of carbonyl (C=O) groups is 2. The van der Waals surface area contributed by atoms with Crippen LogP contribution in [-0.4, -0.2) is 53.9 Å². The van der Waals surface area contributed by atoms with Crippen molar-refractivity contribution >= 4 is 54.4 Å². The van der Waals surface area contributed by atoms with Crippen molar-refractivity contribution in [3.63, 3.8) is 0 Å². The number of Topliss-reactive ketones (excluding diaryl/α,β-unsaturated/α-hetero) is 1. The van der Waals surface area contributed by atoms with Crippen molar-refractivity contribution in [1.82, 2.24) is 9.55 Å². The Labute approximate surface area is 247 Å².